The summed E-state index contributed by atoms with van der Waals surface area (Å²) in [5, 5.41) is 11.7. The first-order valence-corrected chi connectivity index (χ1v) is 10.9. The van der Waals surface area contributed by atoms with E-state index in [9.17, 15) is 14.4 Å². The number of primary amides is 1. The molecule has 1 fully saturated rings. The molecule has 1 heterocycles. The van der Waals surface area contributed by atoms with E-state index in [0.29, 0.717) is 22.9 Å². The van der Waals surface area contributed by atoms with Gasteiger partial charge in [-0.05, 0) is 36.4 Å². The standard InChI is InChI=1S/C21H19ClN4O5S/c1-30-17-7-13(6-15(22)19(17)31-9-18(24)27)21(29)26-11-32-10-16(26)20(28)25-14-4-2-12(8-23)3-5-14/h2-7,16H,9-11H2,1H3,(H2,24,27)(H,25,28). The number of hydrogen-bond donors (Lipinski definition) is 2. The van der Waals surface area contributed by atoms with Crippen LogP contribution in [0, 0.1) is 11.3 Å². The Labute approximate surface area is 193 Å². The van der Waals surface area contributed by atoms with Crippen LogP contribution in [0.15, 0.2) is 36.4 Å². The van der Waals surface area contributed by atoms with Crippen molar-refractivity contribution < 1.29 is 23.9 Å². The molecule has 9 nitrogen and oxygen atoms in total. The van der Waals surface area contributed by atoms with Crippen molar-refractivity contribution in [1.82, 2.24) is 4.90 Å². The lowest BCUT2D eigenvalue weighted by Crippen LogP contribution is -2.44. The molecular weight excluding hydrogens is 456 g/mol. The Morgan fingerprint density at radius 2 is 2.03 bits per heavy atom. The van der Waals surface area contributed by atoms with E-state index in [1.54, 1.807) is 24.3 Å². The normalized spacial score (nSPS) is 15.0. The van der Waals surface area contributed by atoms with E-state index >= 15 is 0 Å². The maximum absolute atomic E-state index is 13.2. The molecule has 1 aliphatic heterocycles. The minimum absolute atomic E-state index is 0.0689. The van der Waals surface area contributed by atoms with Crippen LogP contribution in [0.2, 0.25) is 5.02 Å². The maximum atomic E-state index is 13.2. The summed E-state index contributed by atoms with van der Waals surface area (Å²) in [6, 6.07) is 10.6. The number of halogens is 1. The van der Waals surface area contributed by atoms with Crippen LogP contribution in [-0.2, 0) is 9.59 Å². The van der Waals surface area contributed by atoms with Crippen molar-refractivity contribution in [1.29, 1.82) is 5.26 Å². The molecule has 0 aliphatic carbocycles. The fourth-order valence-corrected chi connectivity index (χ4v) is 4.43. The summed E-state index contributed by atoms with van der Waals surface area (Å²) >= 11 is 7.69. The third-order valence-corrected chi connectivity index (χ3v) is 5.86. The average molecular weight is 475 g/mol. The first-order valence-electron chi connectivity index (χ1n) is 9.32. The molecule has 1 aliphatic rings. The van der Waals surface area contributed by atoms with Gasteiger partial charge in [0.2, 0.25) is 5.91 Å². The molecule has 0 bridgehead atoms. The number of nitriles is 1. The minimum Gasteiger partial charge on any atom is -0.493 e. The van der Waals surface area contributed by atoms with Gasteiger partial charge in [-0.1, -0.05) is 11.6 Å². The number of carbonyl (C=O) groups excluding carboxylic acids is 3. The molecule has 1 unspecified atom stereocenters. The second kappa shape index (κ2) is 10.3. The molecule has 1 atom stereocenters. The first-order chi connectivity index (χ1) is 15.3. The molecule has 3 N–H and O–H groups in total. The van der Waals surface area contributed by atoms with E-state index in [4.69, 9.17) is 32.1 Å². The van der Waals surface area contributed by atoms with E-state index in [1.807, 2.05) is 6.07 Å². The van der Waals surface area contributed by atoms with Crippen LogP contribution in [0.4, 0.5) is 5.69 Å². The summed E-state index contributed by atoms with van der Waals surface area (Å²) in [7, 11) is 1.37. The zero-order chi connectivity index (χ0) is 23.3. The van der Waals surface area contributed by atoms with Crippen molar-refractivity contribution >= 4 is 46.8 Å². The SMILES string of the molecule is COc1cc(C(=O)N2CSCC2C(=O)Nc2ccc(C#N)cc2)cc(Cl)c1OCC(N)=O. The summed E-state index contributed by atoms with van der Waals surface area (Å²) in [4.78, 5) is 38.4. The lowest BCUT2D eigenvalue weighted by molar-refractivity contribution is -0.120. The van der Waals surface area contributed by atoms with E-state index in [1.165, 1.54) is 35.9 Å². The van der Waals surface area contributed by atoms with Crippen LogP contribution in [0.1, 0.15) is 15.9 Å². The number of ether oxygens (including phenoxy) is 2. The van der Waals surface area contributed by atoms with Gasteiger partial charge in [0.1, 0.15) is 6.04 Å². The van der Waals surface area contributed by atoms with Gasteiger partial charge in [0.05, 0.1) is 29.6 Å². The maximum Gasteiger partial charge on any atom is 0.255 e. The quantitative estimate of drug-likeness (QED) is 0.628. The second-order valence-electron chi connectivity index (χ2n) is 6.71. The van der Waals surface area contributed by atoms with Gasteiger partial charge in [-0.25, -0.2) is 0 Å². The van der Waals surface area contributed by atoms with Crippen molar-refractivity contribution in [3.8, 4) is 17.6 Å². The lowest BCUT2D eigenvalue weighted by Gasteiger charge is -2.24. The van der Waals surface area contributed by atoms with Gasteiger partial charge in [0.15, 0.2) is 18.1 Å². The molecule has 0 spiro atoms. The molecule has 1 saturated heterocycles. The molecule has 0 saturated carbocycles. The van der Waals surface area contributed by atoms with Gasteiger partial charge in [-0.15, -0.1) is 11.8 Å². The van der Waals surface area contributed by atoms with Crippen LogP contribution in [0.25, 0.3) is 0 Å². The highest BCUT2D eigenvalue weighted by molar-refractivity contribution is 7.99. The van der Waals surface area contributed by atoms with Crippen molar-refractivity contribution in [2.75, 3.05) is 30.7 Å². The highest BCUT2D eigenvalue weighted by atomic mass is 35.5. The summed E-state index contributed by atoms with van der Waals surface area (Å²) < 4.78 is 10.5. The Morgan fingerprint density at radius 1 is 1.31 bits per heavy atom. The predicted octanol–water partition coefficient (Wildman–Crippen LogP) is 2.24. The smallest absolute Gasteiger partial charge is 0.255 e. The zero-order valence-electron chi connectivity index (χ0n) is 17.0. The predicted molar refractivity (Wildman–Crippen MR) is 120 cm³/mol. The van der Waals surface area contributed by atoms with Gasteiger partial charge < -0.3 is 25.4 Å². The minimum atomic E-state index is -0.696. The molecule has 3 amide bonds. The van der Waals surface area contributed by atoms with Crippen LogP contribution in [0.3, 0.4) is 0 Å². The van der Waals surface area contributed by atoms with Crippen molar-refractivity contribution in [2.45, 2.75) is 6.04 Å². The molecule has 166 valence electrons. The Balaban J connectivity index is 1.78. The number of benzene rings is 2. The molecule has 11 heteroatoms. The van der Waals surface area contributed by atoms with Gasteiger partial charge in [0.25, 0.3) is 11.8 Å². The van der Waals surface area contributed by atoms with Gasteiger partial charge in [-0.3, -0.25) is 14.4 Å². The number of methoxy groups -OCH3 is 1. The largest absolute Gasteiger partial charge is 0.493 e. The highest BCUT2D eigenvalue weighted by Crippen LogP contribution is 2.37. The molecule has 2 aromatic carbocycles. The Kier molecular flexibility index (Phi) is 7.45. The van der Waals surface area contributed by atoms with Crippen LogP contribution in [0.5, 0.6) is 11.5 Å². The van der Waals surface area contributed by atoms with Gasteiger partial charge in [0, 0.05) is 17.0 Å². The number of nitrogens with two attached hydrogens (primary N) is 1. The third-order valence-electron chi connectivity index (χ3n) is 4.56. The Bertz CT molecular complexity index is 1090. The fraction of sp³-hybridized carbons (Fsp3) is 0.238. The summed E-state index contributed by atoms with van der Waals surface area (Å²) in [5.41, 5.74) is 6.30. The van der Waals surface area contributed by atoms with E-state index < -0.39 is 24.5 Å². The van der Waals surface area contributed by atoms with Crippen molar-refractivity contribution in [3.05, 3.63) is 52.5 Å². The molecule has 3 rings (SSSR count). The van der Waals surface area contributed by atoms with Crippen molar-refractivity contribution in [3.63, 3.8) is 0 Å². The zero-order valence-corrected chi connectivity index (χ0v) is 18.5. The van der Waals surface area contributed by atoms with Gasteiger partial charge in [-0.2, -0.15) is 5.26 Å². The number of carbonyl (C=O) groups is 3. The molecule has 2 aromatic rings. The van der Waals surface area contributed by atoms with E-state index in [2.05, 4.69) is 5.32 Å². The monoisotopic (exact) mass is 474 g/mol. The fourth-order valence-electron chi connectivity index (χ4n) is 3.01. The number of thioether (sulfide) groups is 1. The lowest BCUT2D eigenvalue weighted by atomic mass is 10.1. The van der Waals surface area contributed by atoms with Crippen molar-refractivity contribution in [2.24, 2.45) is 5.73 Å². The molecular formula is C21H19ClN4O5S. The number of rotatable bonds is 7. The molecule has 0 aromatic heterocycles. The molecule has 32 heavy (non-hydrogen) atoms. The van der Waals surface area contributed by atoms with E-state index in [0.717, 1.165) is 0 Å². The second-order valence-corrected chi connectivity index (χ2v) is 8.12. The number of amides is 3. The van der Waals surface area contributed by atoms with E-state index in [-0.39, 0.29) is 28.0 Å². The van der Waals surface area contributed by atoms with Crippen LogP contribution in [-0.4, -0.2) is 54.0 Å². The highest BCUT2D eigenvalue weighted by Gasteiger charge is 2.35. The third kappa shape index (κ3) is 5.25. The van der Waals surface area contributed by atoms with Crippen LogP contribution < -0.4 is 20.5 Å². The Morgan fingerprint density at radius 3 is 2.66 bits per heavy atom. The molecule has 0 radical (unpaired) electrons. The summed E-state index contributed by atoms with van der Waals surface area (Å²) in [6.45, 7) is -0.399. The van der Waals surface area contributed by atoms with Gasteiger partial charge >= 0.3 is 0 Å². The number of nitrogens with one attached hydrogen (secondary N) is 1. The Hall–Kier alpha value is -3.42. The average Bonchev–Trinajstić information content (AvgIpc) is 3.27. The number of hydrogen-bond acceptors (Lipinski definition) is 7. The first kappa shape index (κ1) is 23.2. The van der Waals surface area contributed by atoms with Crippen LogP contribution >= 0.6 is 23.4 Å². The summed E-state index contributed by atoms with van der Waals surface area (Å²) in [5.74, 6) is -0.427. The number of anilines is 1. The topological polar surface area (TPSA) is 135 Å². The number of nitrogens with zero attached hydrogens (tertiary/aromatic N) is 2. The summed E-state index contributed by atoms with van der Waals surface area (Å²) in [6.07, 6.45) is 0.